The average molecular weight is 299 g/mol. The molecule has 1 aromatic heterocycles. The third-order valence-corrected chi connectivity index (χ3v) is 3.31. The molecule has 1 heterocycles. The lowest BCUT2D eigenvalue weighted by Gasteiger charge is -2.11. The molecule has 0 unspecified atom stereocenters. The number of pyridine rings is 1. The largest absolute Gasteiger partial charge is 0.491 e. The molecule has 0 aliphatic carbocycles. The number of nitrogens with zero attached hydrogens (tertiary/aromatic N) is 1. The Hall–Kier alpha value is -2.36. The molecule has 0 spiro atoms. The molecule has 0 fully saturated rings. The van der Waals surface area contributed by atoms with E-state index in [2.05, 4.69) is 4.98 Å². The van der Waals surface area contributed by atoms with Crippen molar-refractivity contribution in [2.45, 2.75) is 39.7 Å². The summed E-state index contributed by atoms with van der Waals surface area (Å²) in [6, 6.07) is 11.7. The highest BCUT2D eigenvalue weighted by atomic mass is 16.5. The van der Waals surface area contributed by atoms with Crippen molar-refractivity contribution in [3.05, 3.63) is 47.7 Å². The van der Waals surface area contributed by atoms with Gasteiger partial charge in [-0.3, -0.25) is 9.78 Å². The number of carboxylic acid groups (broad SMARTS) is 1. The zero-order valence-electron chi connectivity index (χ0n) is 13.2. The van der Waals surface area contributed by atoms with Crippen LogP contribution >= 0.6 is 0 Å². The van der Waals surface area contributed by atoms with Crippen molar-refractivity contribution >= 4 is 5.97 Å². The molecule has 0 radical (unpaired) electrons. The second kappa shape index (κ2) is 7.07. The summed E-state index contributed by atoms with van der Waals surface area (Å²) in [6.45, 7) is 5.90. The van der Waals surface area contributed by atoms with Crippen molar-refractivity contribution in [2.24, 2.45) is 0 Å². The van der Waals surface area contributed by atoms with Gasteiger partial charge in [0.1, 0.15) is 5.75 Å². The summed E-state index contributed by atoms with van der Waals surface area (Å²) in [7, 11) is 0. The van der Waals surface area contributed by atoms with Gasteiger partial charge in [-0.1, -0.05) is 18.2 Å². The predicted octanol–water partition coefficient (Wildman–Crippen LogP) is 3.86. The first-order chi connectivity index (χ1) is 10.5. The number of hydrogen-bond acceptors (Lipinski definition) is 3. The molecule has 0 saturated heterocycles. The van der Waals surface area contributed by atoms with Gasteiger partial charge in [-0.15, -0.1) is 0 Å². The van der Waals surface area contributed by atoms with Crippen molar-refractivity contribution < 1.29 is 14.6 Å². The summed E-state index contributed by atoms with van der Waals surface area (Å²) in [6.07, 6.45) is 0.758. The van der Waals surface area contributed by atoms with Crippen molar-refractivity contribution in [1.82, 2.24) is 4.98 Å². The van der Waals surface area contributed by atoms with Crippen LogP contribution in [0.25, 0.3) is 11.3 Å². The Morgan fingerprint density at radius 1 is 1.27 bits per heavy atom. The summed E-state index contributed by atoms with van der Waals surface area (Å²) < 4.78 is 5.70. The number of rotatable bonds is 6. The predicted molar refractivity (Wildman–Crippen MR) is 86.1 cm³/mol. The third-order valence-electron chi connectivity index (χ3n) is 3.31. The molecular formula is C18H21NO3. The van der Waals surface area contributed by atoms with Gasteiger partial charge >= 0.3 is 5.97 Å². The van der Waals surface area contributed by atoms with E-state index < -0.39 is 5.97 Å². The minimum absolute atomic E-state index is 0.125. The van der Waals surface area contributed by atoms with Crippen LogP contribution in [0.1, 0.15) is 31.5 Å². The average Bonchev–Trinajstić information content (AvgIpc) is 2.45. The number of hydrogen-bond donors (Lipinski definition) is 1. The Morgan fingerprint density at radius 2 is 2.05 bits per heavy atom. The van der Waals surface area contributed by atoms with E-state index in [-0.39, 0.29) is 12.5 Å². The molecule has 0 saturated carbocycles. The quantitative estimate of drug-likeness (QED) is 0.880. The fourth-order valence-electron chi connectivity index (χ4n) is 2.26. The second-order valence-electron chi connectivity index (χ2n) is 5.53. The summed E-state index contributed by atoms with van der Waals surface area (Å²) in [5, 5.41) is 8.77. The number of carbonyl (C=O) groups is 1. The maximum absolute atomic E-state index is 10.7. The highest BCUT2D eigenvalue weighted by Gasteiger charge is 2.07. The van der Waals surface area contributed by atoms with Gasteiger partial charge in [-0.25, -0.2) is 0 Å². The molecule has 2 aromatic rings. The van der Waals surface area contributed by atoms with Gasteiger partial charge in [0.25, 0.3) is 0 Å². The number of aryl methyl sites for hydroxylation is 2. The van der Waals surface area contributed by atoms with E-state index in [1.54, 1.807) is 0 Å². The van der Waals surface area contributed by atoms with Crippen molar-refractivity contribution in [3.63, 3.8) is 0 Å². The first-order valence-electron chi connectivity index (χ1n) is 7.41. The summed E-state index contributed by atoms with van der Waals surface area (Å²) in [5.74, 6) is 0.0314. The Balaban J connectivity index is 2.22. The highest BCUT2D eigenvalue weighted by Crippen LogP contribution is 2.24. The van der Waals surface area contributed by atoms with Gasteiger partial charge < -0.3 is 9.84 Å². The third kappa shape index (κ3) is 4.32. The van der Waals surface area contributed by atoms with Crippen LogP contribution in [-0.4, -0.2) is 22.2 Å². The Bertz CT molecular complexity index is 665. The van der Waals surface area contributed by atoms with Crippen molar-refractivity contribution in [1.29, 1.82) is 0 Å². The number of ether oxygens (including phenoxy) is 1. The van der Waals surface area contributed by atoms with Crippen molar-refractivity contribution in [2.75, 3.05) is 0 Å². The van der Waals surface area contributed by atoms with Crippen molar-refractivity contribution in [3.8, 4) is 17.0 Å². The zero-order valence-corrected chi connectivity index (χ0v) is 13.2. The van der Waals surface area contributed by atoms with Crippen LogP contribution in [0, 0.1) is 6.92 Å². The van der Waals surface area contributed by atoms with Gasteiger partial charge in [0.05, 0.1) is 11.8 Å². The Labute approximate surface area is 130 Å². The topological polar surface area (TPSA) is 59.4 Å². The minimum Gasteiger partial charge on any atom is -0.491 e. The van der Waals surface area contributed by atoms with Crippen LogP contribution in [0.2, 0.25) is 0 Å². The molecule has 2 rings (SSSR count). The maximum Gasteiger partial charge on any atom is 0.303 e. The lowest BCUT2D eigenvalue weighted by molar-refractivity contribution is -0.136. The lowest BCUT2D eigenvalue weighted by atomic mass is 10.1. The monoisotopic (exact) mass is 299 g/mol. The van der Waals surface area contributed by atoms with E-state index in [1.807, 2.05) is 57.2 Å². The number of carboxylic acids is 1. The van der Waals surface area contributed by atoms with Gasteiger partial charge in [0.2, 0.25) is 0 Å². The normalized spacial score (nSPS) is 10.7. The van der Waals surface area contributed by atoms with Gasteiger partial charge in [-0.2, -0.15) is 0 Å². The second-order valence-corrected chi connectivity index (χ2v) is 5.53. The molecule has 0 bridgehead atoms. The molecule has 116 valence electrons. The fourth-order valence-corrected chi connectivity index (χ4v) is 2.26. The molecule has 22 heavy (non-hydrogen) atoms. The van der Waals surface area contributed by atoms with Crippen LogP contribution in [0.15, 0.2) is 36.4 Å². The minimum atomic E-state index is -0.790. The SMILES string of the molecule is Cc1nc(-c2cccc(OC(C)C)c2)ccc1CCC(=O)O. The zero-order chi connectivity index (χ0) is 16.1. The molecular weight excluding hydrogens is 278 g/mol. The molecule has 0 aliphatic rings. The highest BCUT2D eigenvalue weighted by molar-refractivity contribution is 5.67. The Kier molecular flexibility index (Phi) is 5.15. The van der Waals surface area contributed by atoms with E-state index in [0.717, 1.165) is 28.3 Å². The molecule has 1 aromatic carbocycles. The van der Waals surface area contributed by atoms with Crippen LogP contribution in [-0.2, 0) is 11.2 Å². The molecule has 4 heteroatoms. The molecule has 0 atom stereocenters. The number of benzene rings is 1. The first kappa shape index (κ1) is 16.0. The van der Waals surface area contributed by atoms with Crippen LogP contribution in [0.5, 0.6) is 5.75 Å². The molecule has 0 amide bonds. The van der Waals surface area contributed by atoms with E-state index in [0.29, 0.717) is 6.42 Å². The summed E-state index contributed by atoms with van der Waals surface area (Å²) in [5.41, 5.74) is 3.70. The van der Waals surface area contributed by atoms with E-state index in [9.17, 15) is 4.79 Å². The van der Waals surface area contributed by atoms with Crippen LogP contribution in [0.4, 0.5) is 0 Å². The smallest absolute Gasteiger partial charge is 0.303 e. The number of aromatic nitrogens is 1. The standard InChI is InChI=1S/C18H21NO3/c1-12(2)22-16-6-4-5-15(11-16)17-9-7-14(13(3)19-17)8-10-18(20)21/h4-7,9,11-12H,8,10H2,1-3H3,(H,20,21). The molecule has 0 aliphatic heterocycles. The van der Waals surface area contributed by atoms with Gasteiger partial charge in [0.15, 0.2) is 0 Å². The molecule has 1 N–H and O–H groups in total. The summed E-state index contributed by atoms with van der Waals surface area (Å²) in [4.78, 5) is 15.3. The van der Waals surface area contributed by atoms with Gasteiger partial charge in [-0.05, 0) is 51.0 Å². The van der Waals surface area contributed by atoms with Crippen LogP contribution < -0.4 is 4.74 Å². The molecule has 4 nitrogen and oxygen atoms in total. The van der Waals surface area contributed by atoms with Gasteiger partial charge in [0, 0.05) is 17.7 Å². The van der Waals surface area contributed by atoms with E-state index in [4.69, 9.17) is 9.84 Å². The summed E-state index contributed by atoms with van der Waals surface area (Å²) >= 11 is 0. The maximum atomic E-state index is 10.7. The van der Waals surface area contributed by atoms with E-state index >= 15 is 0 Å². The van der Waals surface area contributed by atoms with E-state index in [1.165, 1.54) is 0 Å². The van der Waals surface area contributed by atoms with Crippen LogP contribution in [0.3, 0.4) is 0 Å². The number of aliphatic carboxylic acids is 1. The fraction of sp³-hybridized carbons (Fsp3) is 0.333. The Morgan fingerprint density at radius 3 is 2.68 bits per heavy atom. The lowest BCUT2D eigenvalue weighted by Crippen LogP contribution is -2.05. The first-order valence-corrected chi connectivity index (χ1v) is 7.41.